The number of nitrogens with one attached hydrogen (secondary N) is 1. The van der Waals surface area contributed by atoms with E-state index in [1.807, 2.05) is 17.1 Å². The molecule has 1 saturated heterocycles. The molecule has 9 heteroatoms. The van der Waals surface area contributed by atoms with Gasteiger partial charge in [-0.2, -0.15) is 5.10 Å². The molecule has 3 heterocycles. The Morgan fingerprint density at radius 3 is 2.59 bits per heavy atom. The third-order valence-electron chi connectivity index (χ3n) is 6.01. The van der Waals surface area contributed by atoms with E-state index >= 15 is 0 Å². The minimum atomic E-state index is 0.259. The van der Waals surface area contributed by atoms with Gasteiger partial charge < -0.3 is 15.4 Å². The Labute approximate surface area is 193 Å². The minimum Gasteiger partial charge on any atom is -0.433 e. The predicted molar refractivity (Wildman–Crippen MR) is 130 cm³/mol. The van der Waals surface area contributed by atoms with Gasteiger partial charge >= 0.3 is 0 Å². The highest BCUT2D eigenvalue weighted by Crippen LogP contribution is 2.30. The molecule has 3 aromatic rings. The summed E-state index contributed by atoms with van der Waals surface area (Å²) in [7, 11) is 2.15. The summed E-state index contributed by atoms with van der Waals surface area (Å²) in [6.45, 7) is 7.21. The molecule has 0 spiro atoms. The summed E-state index contributed by atoms with van der Waals surface area (Å²) in [6, 6.07) is 4.65. The number of benzene rings is 1. The van der Waals surface area contributed by atoms with Crippen LogP contribution in [-0.2, 0) is 6.54 Å². The number of ether oxygens (including phenoxy) is 1. The van der Waals surface area contributed by atoms with Gasteiger partial charge in [0, 0.05) is 12.1 Å². The number of nitrogens with two attached hydrogens (primary N) is 1. The van der Waals surface area contributed by atoms with Gasteiger partial charge in [0.2, 0.25) is 0 Å². The summed E-state index contributed by atoms with van der Waals surface area (Å²) in [5, 5.41) is 4.51. The molecule has 0 atom stereocenters. The third kappa shape index (κ3) is 5.06. The maximum Gasteiger partial charge on any atom is 0.263 e. The number of nitrogen functional groups attached to an aromatic ring is 1. The van der Waals surface area contributed by atoms with Crippen LogP contribution in [0.3, 0.4) is 0 Å². The molecule has 0 saturated carbocycles. The number of aryl methyl sites for hydroxylation is 2. The molecule has 1 aliphatic heterocycles. The molecule has 0 unspecified atom stereocenters. The molecule has 1 fully saturated rings. The van der Waals surface area contributed by atoms with Crippen LogP contribution in [0, 0.1) is 13.8 Å². The Kier molecular flexibility index (Phi) is 6.98. The lowest BCUT2D eigenvalue weighted by Gasteiger charge is -2.28. The zero-order valence-electron chi connectivity index (χ0n) is 19.1. The first-order valence-corrected chi connectivity index (χ1v) is 12.1. The molecular weight excluding hydrogens is 422 g/mol. The number of piperidine rings is 1. The van der Waals surface area contributed by atoms with Crippen LogP contribution >= 0.6 is 11.9 Å². The average Bonchev–Trinajstić information content (AvgIpc) is 3.23. The van der Waals surface area contributed by atoms with Gasteiger partial charge in [0.05, 0.1) is 30.3 Å². The summed E-state index contributed by atoms with van der Waals surface area (Å²) in [5.74, 6) is 1.18. The highest BCUT2D eigenvalue weighted by molar-refractivity contribution is 7.96. The second-order valence-corrected chi connectivity index (χ2v) is 9.05. The lowest BCUT2D eigenvalue weighted by molar-refractivity contribution is 0.212. The van der Waals surface area contributed by atoms with Crippen LogP contribution in [0.15, 0.2) is 30.7 Å². The van der Waals surface area contributed by atoms with Gasteiger partial charge in [0.15, 0.2) is 11.6 Å². The van der Waals surface area contributed by atoms with Crippen molar-refractivity contribution in [2.75, 3.05) is 32.1 Å². The number of hydrogen-bond acceptors (Lipinski definition) is 8. The molecule has 170 valence electrons. The summed E-state index contributed by atoms with van der Waals surface area (Å²) in [4.78, 5) is 11.3. The highest BCUT2D eigenvalue weighted by Gasteiger charge is 2.20. The van der Waals surface area contributed by atoms with E-state index in [-0.39, 0.29) is 5.82 Å². The first-order valence-electron chi connectivity index (χ1n) is 10.8. The zero-order valence-corrected chi connectivity index (χ0v) is 19.9. The quantitative estimate of drug-likeness (QED) is 0.519. The van der Waals surface area contributed by atoms with Crippen molar-refractivity contribution in [1.82, 2.24) is 29.4 Å². The van der Waals surface area contributed by atoms with Gasteiger partial charge in [0.1, 0.15) is 0 Å². The van der Waals surface area contributed by atoms with Crippen molar-refractivity contribution in [2.24, 2.45) is 0 Å². The number of nitrogens with zero attached hydrogens (tertiary/aromatic N) is 5. The van der Waals surface area contributed by atoms with Crippen molar-refractivity contribution in [1.29, 1.82) is 0 Å². The van der Waals surface area contributed by atoms with Gasteiger partial charge in [-0.1, -0.05) is 11.9 Å². The van der Waals surface area contributed by atoms with E-state index in [0.717, 1.165) is 43.7 Å². The summed E-state index contributed by atoms with van der Waals surface area (Å²) < 4.78 is 11.3. The maximum absolute atomic E-state index is 6.08. The van der Waals surface area contributed by atoms with Crippen molar-refractivity contribution in [2.45, 2.75) is 39.3 Å². The molecule has 32 heavy (non-hydrogen) atoms. The Bertz CT molecular complexity index is 1050. The van der Waals surface area contributed by atoms with E-state index in [2.05, 4.69) is 57.7 Å². The molecule has 4 rings (SSSR count). The normalized spacial score (nSPS) is 15.2. The number of hydrogen-bond donors (Lipinski definition) is 2. The number of rotatable bonds is 7. The minimum absolute atomic E-state index is 0.259. The van der Waals surface area contributed by atoms with Crippen molar-refractivity contribution >= 4 is 17.8 Å². The topological polar surface area (TPSA) is 94.1 Å². The lowest BCUT2D eigenvalue weighted by atomic mass is 9.98. The monoisotopic (exact) mass is 453 g/mol. The van der Waals surface area contributed by atoms with E-state index in [1.165, 1.54) is 16.7 Å². The molecule has 0 aliphatic carbocycles. The molecule has 2 aromatic heterocycles. The predicted octanol–water partition coefficient (Wildman–Crippen LogP) is 3.97. The fourth-order valence-corrected chi connectivity index (χ4v) is 4.39. The van der Waals surface area contributed by atoms with Crippen LogP contribution in [0.2, 0.25) is 0 Å². The molecule has 1 aromatic carbocycles. The summed E-state index contributed by atoms with van der Waals surface area (Å²) in [6.07, 6.45) is 9.52. The van der Waals surface area contributed by atoms with Gasteiger partial charge in [-0.3, -0.25) is 9.40 Å². The Morgan fingerprint density at radius 1 is 1.19 bits per heavy atom. The second kappa shape index (κ2) is 9.89. The van der Waals surface area contributed by atoms with E-state index < -0.39 is 0 Å². The average molecular weight is 454 g/mol. The molecule has 0 amide bonds. The molecule has 1 aliphatic rings. The van der Waals surface area contributed by atoms with Crippen LogP contribution in [0.25, 0.3) is 11.3 Å². The van der Waals surface area contributed by atoms with E-state index in [4.69, 9.17) is 10.5 Å². The van der Waals surface area contributed by atoms with Crippen LogP contribution in [-0.4, -0.2) is 51.0 Å². The maximum atomic E-state index is 6.08. The molecule has 3 N–H and O–H groups in total. The fourth-order valence-electron chi connectivity index (χ4n) is 4.10. The molecular formula is C23H31N7OS. The van der Waals surface area contributed by atoms with Gasteiger partial charge in [0.25, 0.3) is 5.88 Å². The van der Waals surface area contributed by atoms with Gasteiger partial charge in [-0.05, 0) is 81.9 Å². The Balaban J connectivity index is 1.54. The SMILES string of the molecule is CSNCc1c(C)cc(-c2cnc(N)c(Oc3cnn(C4CCN(C)CC4)c3)n2)cc1C. The summed E-state index contributed by atoms with van der Waals surface area (Å²) in [5.41, 5.74) is 11.5. The number of likely N-dealkylation sites (tertiary alicyclic amines) is 1. The Hall–Kier alpha value is -2.62. The van der Waals surface area contributed by atoms with E-state index in [0.29, 0.717) is 17.7 Å². The van der Waals surface area contributed by atoms with Gasteiger partial charge in [-0.25, -0.2) is 9.97 Å². The first-order chi connectivity index (χ1) is 15.4. The number of anilines is 1. The van der Waals surface area contributed by atoms with Crippen molar-refractivity contribution in [3.8, 4) is 22.9 Å². The number of aromatic nitrogens is 4. The van der Waals surface area contributed by atoms with Crippen molar-refractivity contribution in [3.05, 3.63) is 47.4 Å². The standard InChI is InChI=1S/C23H31N7OS/c1-15-9-17(10-16(2)20(15)12-27-32-4)21-13-25-22(24)23(28-21)31-19-11-26-30(14-19)18-5-7-29(3)8-6-18/h9-11,13-14,18,27H,5-8,12H2,1-4H3,(H2,24,25). The van der Waals surface area contributed by atoms with Crippen molar-refractivity contribution in [3.63, 3.8) is 0 Å². The van der Waals surface area contributed by atoms with Crippen LogP contribution in [0.4, 0.5) is 5.82 Å². The fraction of sp³-hybridized carbons (Fsp3) is 0.435. The highest BCUT2D eigenvalue weighted by atomic mass is 32.2. The summed E-state index contributed by atoms with van der Waals surface area (Å²) >= 11 is 1.62. The zero-order chi connectivity index (χ0) is 22.7. The first kappa shape index (κ1) is 22.6. The lowest BCUT2D eigenvalue weighted by Crippen LogP contribution is -2.31. The van der Waals surface area contributed by atoms with Crippen LogP contribution in [0.5, 0.6) is 11.6 Å². The van der Waals surface area contributed by atoms with Gasteiger partial charge in [-0.15, -0.1) is 0 Å². The van der Waals surface area contributed by atoms with E-state index in [1.54, 1.807) is 24.3 Å². The van der Waals surface area contributed by atoms with E-state index in [9.17, 15) is 0 Å². The largest absolute Gasteiger partial charge is 0.433 e. The van der Waals surface area contributed by atoms with Crippen molar-refractivity contribution < 1.29 is 4.74 Å². The second-order valence-electron chi connectivity index (χ2n) is 8.35. The third-order valence-corrected chi connectivity index (χ3v) is 6.44. The van der Waals surface area contributed by atoms with Crippen LogP contribution < -0.4 is 15.2 Å². The molecule has 0 radical (unpaired) electrons. The Morgan fingerprint density at radius 2 is 1.91 bits per heavy atom. The van der Waals surface area contributed by atoms with Crippen LogP contribution in [0.1, 0.15) is 35.6 Å². The molecule has 8 nitrogen and oxygen atoms in total. The molecule has 0 bridgehead atoms. The smallest absolute Gasteiger partial charge is 0.263 e.